The molecule has 2 heterocycles. The second kappa shape index (κ2) is 7.52. The van der Waals surface area contributed by atoms with Crippen molar-refractivity contribution in [1.29, 1.82) is 0 Å². The highest BCUT2D eigenvalue weighted by atomic mass is 35.5. The highest BCUT2D eigenvalue weighted by Crippen LogP contribution is 2.39. The number of fused-ring (bicyclic) bond motifs is 1. The zero-order chi connectivity index (χ0) is 20.7. The number of halogens is 2. The Kier molecular flexibility index (Phi) is 4.69. The molecule has 1 aliphatic heterocycles. The number of carbonyl (C=O) groups excluding carboxylic acids is 1. The van der Waals surface area contributed by atoms with Gasteiger partial charge in [-0.05, 0) is 42.0 Å². The number of thiophene rings is 1. The van der Waals surface area contributed by atoms with Gasteiger partial charge in [-0.15, -0.1) is 11.3 Å². The van der Waals surface area contributed by atoms with Crippen LogP contribution in [-0.4, -0.2) is 11.7 Å². The lowest BCUT2D eigenvalue weighted by molar-refractivity contribution is -0.113. The fraction of sp³-hybridized carbons (Fsp3) is 0. The summed E-state index contributed by atoms with van der Waals surface area (Å²) in [6.07, 6.45) is 1.66. The molecule has 146 valence electrons. The molecule has 0 fully saturated rings. The third-order valence-electron chi connectivity index (χ3n) is 4.79. The van der Waals surface area contributed by atoms with E-state index >= 15 is 0 Å². The van der Waals surface area contributed by atoms with Crippen molar-refractivity contribution in [3.8, 4) is 0 Å². The van der Waals surface area contributed by atoms with Crippen molar-refractivity contribution in [3.63, 3.8) is 0 Å². The van der Waals surface area contributed by atoms with E-state index in [9.17, 15) is 9.18 Å². The van der Waals surface area contributed by atoms with E-state index in [2.05, 4.69) is 4.99 Å². The summed E-state index contributed by atoms with van der Waals surface area (Å²) < 4.78 is 14.3. The van der Waals surface area contributed by atoms with Crippen molar-refractivity contribution < 1.29 is 9.18 Å². The van der Waals surface area contributed by atoms with E-state index in [1.807, 2.05) is 54.6 Å². The van der Waals surface area contributed by atoms with E-state index in [1.165, 1.54) is 23.5 Å². The van der Waals surface area contributed by atoms with Crippen molar-refractivity contribution >= 4 is 56.5 Å². The normalized spacial score (nSPS) is 15.3. The zero-order valence-corrected chi connectivity index (χ0v) is 17.1. The van der Waals surface area contributed by atoms with Crippen LogP contribution in [0.2, 0.25) is 5.02 Å². The Morgan fingerprint density at radius 1 is 0.933 bits per heavy atom. The van der Waals surface area contributed by atoms with E-state index in [-0.39, 0.29) is 17.4 Å². The molecule has 1 aliphatic rings. The van der Waals surface area contributed by atoms with Crippen LogP contribution in [0, 0.1) is 5.82 Å². The number of carbonyl (C=O) groups is 1. The average molecular weight is 433 g/mol. The van der Waals surface area contributed by atoms with Gasteiger partial charge >= 0.3 is 0 Å². The lowest BCUT2D eigenvalue weighted by Crippen LogP contribution is -2.32. The SMILES string of the molecule is O=C1/C(=C\c2ccc(F)cc2)N=C(c2sc3ccccc3c2Cl)N1c1ccccc1. The summed E-state index contributed by atoms with van der Waals surface area (Å²) in [5.74, 6) is -0.0955. The quantitative estimate of drug-likeness (QED) is 0.339. The molecule has 30 heavy (non-hydrogen) atoms. The van der Waals surface area contributed by atoms with E-state index < -0.39 is 0 Å². The van der Waals surface area contributed by atoms with Crippen molar-refractivity contribution in [2.24, 2.45) is 4.99 Å². The topological polar surface area (TPSA) is 32.7 Å². The van der Waals surface area contributed by atoms with Crippen LogP contribution >= 0.6 is 22.9 Å². The number of hydrogen-bond acceptors (Lipinski definition) is 3. The van der Waals surface area contributed by atoms with E-state index in [0.717, 1.165) is 15.0 Å². The number of rotatable bonds is 3. The number of nitrogens with zero attached hydrogens (tertiary/aromatic N) is 2. The van der Waals surface area contributed by atoms with Crippen LogP contribution in [0.4, 0.5) is 10.1 Å². The molecule has 4 aromatic rings. The third-order valence-corrected chi connectivity index (χ3v) is 6.46. The Morgan fingerprint density at radius 3 is 2.37 bits per heavy atom. The number of hydrogen-bond donors (Lipinski definition) is 0. The molecule has 3 nitrogen and oxygen atoms in total. The van der Waals surface area contributed by atoms with E-state index in [0.29, 0.717) is 22.1 Å². The first-order valence-corrected chi connectivity index (χ1v) is 10.4. The number of aliphatic imine (C=N–C) groups is 1. The van der Waals surface area contributed by atoms with Crippen LogP contribution in [0.1, 0.15) is 10.4 Å². The van der Waals surface area contributed by atoms with Gasteiger partial charge in [-0.2, -0.15) is 0 Å². The predicted octanol–water partition coefficient (Wildman–Crippen LogP) is 6.53. The Morgan fingerprint density at radius 2 is 1.63 bits per heavy atom. The number of amidine groups is 1. The third kappa shape index (κ3) is 3.22. The van der Waals surface area contributed by atoms with Crippen molar-refractivity contribution in [2.45, 2.75) is 0 Å². The van der Waals surface area contributed by atoms with Gasteiger partial charge in [0.15, 0.2) is 5.84 Å². The Bertz CT molecular complexity index is 1330. The summed E-state index contributed by atoms with van der Waals surface area (Å²) in [5, 5.41) is 1.50. The van der Waals surface area contributed by atoms with Crippen molar-refractivity contribution in [1.82, 2.24) is 0 Å². The van der Waals surface area contributed by atoms with Gasteiger partial charge in [-0.25, -0.2) is 9.38 Å². The van der Waals surface area contributed by atoms with Crippen LogP contribution in [0.25, 0.3) is 16.2 Å². The molecule has 0 spiro atoms. The molecule has 5 rings (SSSR count). The highest BCUT2D eigenvalue weighted by molar-refractivity contribution is 7.21. The van der Waals surface area contributed by atoms with Crippen LogP contribution in [0.3, 0.4) is 0 Å². The summed E-state index contributed by atoms with van der Waals surface area (Å²) in [6, 6.07) is 23.1. The Hall–Kier alpha value is -3.28. The van der Waals surface area contributed by atoms with Gasteiger partial charge < -0.3 is 0 Å². The molecule has 0 unspecified atom stereocenters. The predicted molar refractivity (Wildman–Crippen MR) is 122 cm³/mol. The Balaban J connectivity index is 1.68. The van der Waals surface area contributed by atoms with E-state index in [1.54, 1.807) is 23.1 Å². The molecule has 6 heteroatoms. The fourth-order valence-corrected chi connectivity index (χ4v) is 4.86. The molecule has 0 aliphatic carbocycles. The number of benzene rings is 3. The van der Waals surface area contributed by atoms with Gasteiger partial charge in [-0.1, -0.05) is 60.1 Å². The minimum atomic E-state index is -0.331. The van der Waals surface area contributed by atoms with Crippen LogP contribution in [0.15, 0.2) is 89.6 Å². The molecule has 0 saturated heterocycles. The minimum absolute atomic E-state index is 0.256. The molecule has 3 aromatic carbocycles. The molecule has 1 aromatic heterocycles. The van der Waals surface area contributed by atoms with Gasteiger partial charge in [-0.3, -0.25) is 9.69 Å². The van der Waals surface area contributed by atoms with Gasteiger partial charge in [0.25, 0.3) is 5.91 Å². The highest BCUT2D eigenvalue weighted by Gasteiger charge is 2.34. The standard InChI is InChI=1S/C24H14ClFN2OS/c25-21-18-8-4-5-9-20(18)30-22(21)23-27-19(14-15-10-12-16(26)13-11-15)24(29)28(23)17-6-2-1-3-7-17/h1-14H/b19-14+. The second-order valence-electron chi connectivity index (χ2n) is 6.73. The second-order valence-corrected chi connectivity index (χ2v) is 8.16. The number of amides is 1. The summed E-state index contributed by atoms with van der Waals surface area (Å²) >= 11 is 8.19. The number of para-hydroxylation sites is 1. The summed E-state index contributed by atoms with van der Waals surface area (Å²) in [7, 11) is 0. The van der Waals surface area contributed by atoms with Crippen LogP contribution < -0.4 is 4.90 Å². The molecular formula is C24H14ClFN2OS. The van der Waals surface area contributed by atoms with Crippen molar-refractivity contribution in [3.05, 3.63) is 106 Å². The van der Waals surface area contributed by atoms with Crippen LogP contribution in [0.5, 0.6) is 0 Å². The lowest BCUT2D eigenvalue weighted by Gasteiger charge is -2.17. The van der Waals surface area contributed by atoms with Gasteiger partial charge in [0.05, 0.1) is 15.6 Å². The molecule has 0 bridgehead atoms. The molecule has 0 N–H and O–H groups in total. The zero-order valence-electron chi connectivity index (χ0n) is 15.5. The Labute approximate surface area is 181 Å². The fourth-order valence-electron chi connectivity index (χ4n) is 3.36. The first kappa shape index (κ1) is 18.7. The molecule has 0 saturated carbocycles. The summed E-state index contributed by atoms with van der Waals surface area (Å²) in [6.45, 7) is 0. The van der Waals surface area contributed by atoms with Crippen LogP contribution in [-0.2, 0) is 4.79 Å². The summed E-state index contributed by atoms with van der Waals surface area (Å²) in [5.41, 5.74) is 1.67. The average Bonchev–Trinajstić information content (AvgIpc) is 3.27. The van der Waals surface area contributed by atoms with E-state index in [4.69, 9.17) is 11.6 Å². The van der Waals surface area contributed by atoms with Gasteiger partial charge in [0.2, 0.25) is 0 Å². The molecule has 0 atom stereocenters. The molecule has 0 radical (unpaired) electrons. The lowest BCUT2D eigenvalue weighted by atomic mass is 10.2. The maximum Gasteiger partial charge on any atom is 0.282 e. The maximum absolute atomic E-state index is 13.3. The maximum atomic E-state index is 13.3. The monoisotopic (exact) mass is 432 g/mol. The first-order chi connectivity index (χ1) is 14.6. The number of anilines is 1. The smallest absolute Gasteiger partial charge is 0.266 e. The van der Waals surface area contributed by atoms with Gasteiger partial charge in [0, 0.05) is 10.1 Å². The van der Waals surface area contributed by atoms with Gasteiger partial charge in [0.1, 0.15) is 11.5 Å². The first-order valence-electron chi connectivity index (χ1n) is 9.25. The molecular weight excluding hydrogens is 419 g/mol. The summed E-state index contributed by atoms with van der Waals surface area (Å²) in [4.78, 5) is 20.3. The van der Waals surface area contributed by atoms with Crippen molar-refractivity contribution in [2.75, 3.05) is 4.90 Å². The molecule has 1 amide bonds. The largest absolute Gasteiger partial charge is 0.282 e. The minimum Gasteiger partial charge on any atom is -0.266 e.